The van der Waals surface area contributed by atoms with Crippen LogP contribution in [-0.4, -0.2) is 19.2 Å². The highest BCUT2D eigenvalue weighted by Gasteiger charge is 2.15. The Morgan fingerprint density at radius 3 is 2.70 bits per heavy atom. The zero-order valence-corrected chi connectivity index (χ0v) is 15.0. The van der Waals surface area contributed by atoms with Gasteiger partial charge >= 0.3 is 0 Å². The Morgan fingerprint density at radius 2 is 1.96 bits per heavy atom. The van der Waals surface area contributed by atoms with Gasteiger partial charge in [0.2, 0.25) is 10.0 Å². The molecule has 0 saturated carbocycles. The minimum atomic E-state index is -3.53. The van der Waals surface area contributed by atoms with Crippen molar-refractivity contribution in [1.82, 2.24) is 9.71 Å². The van der Waals surface area contributed by atoms with Crippen LogP contribution in [0.5, 0.6) is 0 Å². The molecule has 0 amide bonds. The Morgan fingerprint density at radius 1 is 1.17 bits per heavy atom. The van der Waals surface area contributed by atoms with Crippen LogP contribution >= 0.6 is 23.1 Å². The average Bonchev–Trinajstić information content (AvgIpc) is 2.96. The van der Waals surface area contributed by atoms with Crippen molar-refractivity contribution in [3.05, 3.63) is 54.1 Å². The summed E-state index contributed by atoms with van der Waals surface area (Å²) in [7, 11) is -3.53. The molecular weight excluding hydrogens is 348 g/mol. The van der Waals surface area contributed by atoms with Crippen molar-refractivity contribution in [2.24, 2.45) is 0 Å². The maximum Gasteiger partial charge on any atom is 0.240 e. The van der Waals surface area contributed by atoms with Crippen molar-refractivity contribution in [1.29, 1.82) is 0 Å². The first-order valence-corrected chi connectivity index (χ1v) is 10.4. The first kappa shape index (κ1) is 16.4. The van der Waals surface area contributed by atoms with E-state index < -0.39 is 10.0 Å². The smallest absolute Gasteiger partial charge is 0.230 e. The molecule has 1 N–H and O–H groups in total. The summed E-state index contributed by atoms with van der Waals surface area (Å²) >= 11 is 3.19. The summed E-state index contributed by atoms with van der Waals surface area (Å²) in [5.74, 6) is 0.948. The van der Waals surface area contributed by atoms with Gasteiger partial charge in [0.15, 0.2) is 4.34 Å². The summed E-state index contributed by atoms with van der Waals surface area (Å²) in [6.07, 6.45) is 0. The Balaban J connectivity index is 1.82. The van der Waals surface area contributed by atoms with Gasteiger partial charge in [-0.1, -0.05) is 49.0 Å². The number of hydrogen-bond acceptors (Lipinski definition) is 5. The van der Waals surface area contributed by atoms with Gasteiger partial charge in [-0.15, -0.1) is 11.3 Å². The molecule has 120 valence electrons. The van der Waals surface area contributed by atoms with E-state index in [4.69, 9.17) is 0 Å². The molecule has 4 nitrogen and oxygen atoms in total. The summed E-state index contributed by atoms with van der Waals surface area (Å²) in [5.41, 5.74) is 1.77. The van der Waals surface area contributed by atoms with E-state index in [2.05, 4.69) is 16.6 Å². The van der Waals surface area contributed by atoms with Crippen LogP contribution in [0.15, 0.2) is 57.8 Å². The molecule has 0 aliphatic carbocycles. The quantitative estimate of drug-likeness (QED) is 0.674. The fraction of sp³-hybridized carbons (Fsp3) is 0.188. The highest BCUT2D eigenvalue weighted by molar-refractivity contribution is 8.01. The van der Waals surface area contributed by atoms with Crippen LogP contribution in [0.25, 0.3) is 10.2 Å². The topological polar surface area (TPSA) is 59.1 Å². The number of benzene rings is 2. The van der Waals surface area contributed by atoms with E-state index in [1.54, 1.807) is 30.0 Å². The third-order valence-corrected chi connectivity index (χ3v) is 6.67. The lowest BCUT2D eigenvalue weighted by molar-refractivity contribution is 0.581. The average molecular weight is 365 g/mol. The molecule has 1 aromatic heterocycles. The monoisotopic (exact) mass is 364 g/mol. The molecule has 0 aliphatic rings. The summed E-state index contributed by atoms with van der Waals surface area (Å²) in [6, 6.07) is 14.5. The molecule has 0 radical (unpaired) electrons. The van der Waals surface area contributed by atoms with E-state index in [1.807, 2.05) is 30.3 Å². The van der Waals surface area contributed by atoms with Crippen LogP contribution in [-0.2, 0) is 16.6 Å². The minimum Gasteiger partial charge on any atom is -0.230 e. The molecule has 0 atom stereocenters. The largest absolute Gasteiger partial charge is 0.240 e. The van der Waals surface area contributed by atoms with Crippen molar-refractivity contribution in [3.63, 3.8) is 0 Å². The van der Waals surface area contributed by atoms with Gasteiger partial charge < -0.3 is 0 Å². The zero-order valence-electron chi connectivity index (χ0n) is 12.5. The molecule has 0 bridgehead atoms. The second kappa shape index (κ2) is 7.00. The molecule has 7 heteroatoms. The predicted octanol–water partition coefficient (Wildman–Crippen LogP) is 3.89. The van der Waals surface area contributed by atoms with Gasteiger partial charge in [0, 0.05) is 6.54 Å². The first-order valence-electron chi connectivity index (χ1n) is 7.15. The summed E-state index contributed by atoms with van der Waals surface area (Å²) < 4.78 is 29.4. The highest BCUT2D eigenvalue weighted by atomic mass is 32.2. The lowest BCUT2D eigenvalue weighted by atomic mass is 10.2. The molecule has 0 saturated heterocycles. The van der Waals surface area contributed by atoms with Crippen molar-refractivity contribution in [3.8, 4) is 0 Å². The van der Waals surface area contributed by atoms with Gasteiger partial charge in [-0.2, -0.15) is 0 Å². The summed E-state index contributed by atoms with van der Waals surface area (Å²) in [4.78, 5) is 4.76. The third-order valence-electron chi connectivity index (χ3n) is 3.23. The van der Waals surface area contributed by atoms with E-state index >= 15 is 0 Å². The molecule has 0 unspecified atom stereocenters. The molecule has 1 heterocycles. The standard InChI is InChI=1S/C16H16N2O2S3/c1-2-21-16-18-14-9-8-13(10-15(14)22-16)23(19,20)17-11-12-6-4-3-5-7-12/h3-10,17H,2,11H2,1H3. The fourth-order valence-electron chi connectivity index (χ4n) is 2.09. The Hall–Kier alpha value is -1.41. The second-order valence-corrected chi connectivity index (χ2v) is 9.16. The first-order chi connectivity index (χ1) is 11.1. The van der Waals surface area contributed by atoms with Gasteiger partial charge in [-0.05, 0) is 29.5 Å². The molecule has 3 aromatic rings. The number of thioether (sulfide) groups is 1. The van der Waals surface area contributed by atoms with Crippen LogP contribution < -0.4 is 4.72 Å². The van der Waals surface area contributed by atoms with E-state index in [0.717, 1.165) is 25.9 Å². The van der Waals surface area contributed by atoms with E-state index in [-0.39, 0.29) is 11.4 Å². The highest BCUT2D eigenvalue weighted by Crippen LogP contribution is 2.30. The summed E-state index contributed by atoms with van der Waals surface area (Å²) in [5, 5.41) is 0. The number of rotatable bonds is 6. The van der Waals surface area contributed by atoms with Crippen LogP contribution in [0.4, 0.5) is 0 Å². The lowest BCUT2D eigenvalue weighted by Crippen LogP contribution is -2.23. The number of nitrogens with one attached hydrogen (secondary N) is 1. The molecular formula is C16H16N2O2S3. The molecule has 3 rings (SSSR count). The van der Waals surface area contributed by atoms with Gasteiger partial charge in [0.1, 0.15) is 0 Å². The second-order valence-electron chi connectivity index (χ2n) is 4.85. The third kappa shape index (κ3) is 3.92. The van der Waals surface area contributed by atoms with Crippen molar-refractivity contribution >= 4 is 43.3 Å². The maximum absolute atomic E-state index is 12.4. The number of sulfonamides is 1. The van der Waals surface area contributed by atoms with E-state index in [9.17, 15) is 8.42 Å². The van der Waals surface area contributed by atoms with Gasteiger partial charge in [0.25, 0.3) is 0 Å². The molecule has 2 aromatic carbocycles. The Labute approximate surface area is 144 Å². The Bertz CT molecular complexity index is 905. The van der Waals surface area contributed by atoms with E-state index in [0.29, 0.717) is 0 Å². The van der Waals surface area contributed by atoms with Crippen LogP contribution in [0.2, 0.25) is 0 Å². The number of nitrogens with zero attached hydrogens (tertiary/aromatic N) is 1. The predicted molar refractivity (Wildman–Crippen MR) is 96.5 cm³/mol. The van der Waals surface area contributed by atoms with Gasteiger partial charge in [0.05, 0.1) is 15.1 Å². The van der Waals surface area contributed by atoms with Crippen LogP contribution in [0, 0.1) is 0 Å². The number of fused-ring (bicyclic) bond motifs is 1. The van der Waals surface area contributed by atoms with Crippen molar-refractivity contribution < 1.29 is 8.42 Å². The van der Waals surface area contributed by atoms with Crippen LogP contribution in [0.1, 0.15) is 12.5 Å². The number of hydrogen-bond donors (Lipinski definition) is 1. The summed E-state index contributed by atoms with van der Waals surface area (Å²) in [6.45, 7) is 2.35. The number of aromatic nitrogens is 1. The van der Waals surface area contributed by atoms with Gasteiger partial charge in [-0.25, -0.2) is 18.1 Å². The van der Waals surface area contributed by atoms with Gasteiger partial charge in [-0.3, -0.25) is 0 Å². The molecule has 0 spiro atoms. The van der Waals surface area contributed by atoms with E-state index in [1.165, 1.54) is 11.3 Å². The molecule has 0 fully saturated rings. The van der Waals surface area contributed by atoms with Crippen molar-refractivity contribution in [2.45, 2.75) is 22.7 Å². The maximum atomic E-state index is 12.4. The molecule has 0 aliphatic heterocycles. The zero-order chi connectivity index (χ0) is 16.3. The lowest BCUT2D eigenvalue weighted by Gasteiger charge is -2.06. The van der Waals surface area contributed by atoms with Crippen molar-refractivity contribution in [2.75, 3.05) is 5.75 Å². The minimum absolute atomic E-state index is 0.276. The van der Waals surface area contributed by atoms with Crippen LogP contribution in [0.3, 0.4) is 0 Å². The normalized spacial score (nSPS) is 11.9. The fourth-order valence-corrected chi connectivity index (χ4v) is 5.22. The number of thiazole rings is 1. The SMILES string of the molecule is CCSc1nc2ccc(S(=O)(=O)NCc3ccccc3)cc2s1. The molecule has 23 heavy (non-hydrogen) atoms. The Kier molecular flexibility index (Phi) is 5.01.